The summed E-state index contributed by atoms with van der Waals surface area (Å²) in [7, 11) is 1.68. The van der Waals surface area contributed by atoms with E-state index in [1.165, 1.54) is 32.1 Å². The molecule has 0 aromatic carbocycles. The molecule has 1 saturated carbocycles. The Labute approximate surface area is 125 Å². The molecule has 20 heavy (non-hydrogen) atoms. The number of nitrogens with two attached hydrogens (primary N) is 1. The lowest BCUT2D eigenvalue weighted by Gasteiger charge is -2.20. The molecule has 1 aliphatic carbocycles. The molecule has 0 bridgehead atoms. The Morgan fingerprint density at radius 2 is 2.30 bits per heavy atom. The van der Waals surface area contributed by atoms with Gasteiger partial charge in [-0.2, -0.15) is 5.10 Å². The average molecular weight is 301 g/mol. The monoisotopic (exact) mass is 300 g/mol. The first-order chi connectivity index (χ1) is 9.76. The molecule has 0 amide bonds. The summed E-state index contributed by atoms with van der Waals surface area (Å²) in [5.74, 6) is 6.58. The van der Waals surface area contributed by atoms with Gasteiger partial charge >= 0.3 is 0 Å². The smallest absolute Gasteiger partial charge is 0.0834 e. The molecule has 114 valence electrons. The topological polar surface area (TPSA) is 65.1 Å². The number of hydrazine groups is 1. The molecule has 1 aromatic rings. The molecule has 0 spiro atoms. The summed E-state index contributed by atoms with van der Waals surface area (Å²) >= 11 is 6.27. The van der Waals surface area contributed by atoms with Crippen LogP contribution in [0.1, 0.15) is 50.3 Å². The van der Waals surface area contributed by atoms with Crippen molar-refractivity contribution >= 4 is 11.6 Å². The van der Waals surface area contributed by atoms with Crippen molar-refractivity contribution in [1.29, 1.82) is 0 Å². The molecule has 1 unspecified atom stereocenters. The second kappa shape index (κ2) is 7.98. The van der Waals surface area contributed by atoms with Gasteiger partial charge in [0.15, 0.2) is 0 Å². The number of halogens is 1. The number of aromatic nitrogens is 2. The second-order valence-electron chi connectivity index (χ2n) is 5.54. The Hall–Kier alpha value is -0.620. The molecule has 6 heteroatoms. The largest absolute Gasteiger partial charge is 0.383 e. The summed E-state index contributed by atoms with van der Waals surface area (Å²) < 4.78 is 7.00. The highest BCUT2D eigenvalue weighted by Crippen LogP contribution is 2.32. The minimum absolute atomic E-state index is 0.0578. The van der Waals surface area contributed by atoms with Gasteiger partial charge in [-0.1, -0.05) is 37.3 Å². The highest BCUT2D eigenvalue weighted by Gasteiger charge is 2.22. The predicted octanol–water partition coefficient (Wildman–Crippen LogP) is 2.66. The molecule has 1 heterocycles. The fourth-order valence-electron chi connectivity index (χ4n) is 3.07. The van der Waals surface area contributed by atoms with E-state index in [0.717, 1.165) is 18.0 Å². The third kappa shape index (κ3) is 3.95. The van der Waals surface area contributed by atoms with Crippen LogP contribution in [0.5, 0.6) is 0 Å². The Bertz CT molecular complexity index is 404. The number of hydrogen-bond donors (Lipinski definition) is 2. The quantitative estimate of drug-likeness (QED) is 0.572. The summed E-state index contributed by atoms with van der Waals surface area (Å²) in [4.78, 5) is 0. The highest BCUT2D eigenvalue weighted by atomic mass is 35.5. The third-order valence-electron chi connectivity index (χ3n) is 4.21. The lowest BCUT2D eigenvalue weighted by molar-refractivity contribution is 0.181. The zero-order chi connectivity index (χ0) is 14.4. The number of nitrogens with zero attached hydrogens (tertiary/aromatic N) is 2. The van der Waals surface area contributed by atoms with Crippen LogP contribution in [0.3, 0.4) is 0 Å². The molecule has 2 rings (SSSR count). The average Bonchev–Trinajstić information content (AvgIpc) is 3.08. The Balaban J connectivity index is 1.99. The minimum atomic E-state index is 0.0578. The van der Waals surface area contributed by atoms with E-state index in [9.17, 15) is 0 Å². The van der Waals surface area contributed by atoms with Crippen LogP contribution in [0, 0.1) is 5.92 Å². The van der Waals surface area contributed by atoms with E-state index < -0.39 is 0 Å². The minimum Gasteiger partial charge on any atom is -0.383 e. The van der Waals surface area contributed by atoms with Crippen molar-refractivity contribution in [3.05, 3.63) is 16.9 Å². The zero-order valence-corrected chi connectivity index (χ0v) is 12.9. The van der Waals surface area contributed by atoms with Crippen LogP contribution >= 0.6 is 11.6 Å². The van der Waals surface area contributed by atoms with Gasteiger partial charge in [-0.05, 0) is 18.8 Å². The van der Waals surface area contributed by atoms with Gasteiger partial charge in [0.2, 0.25) is 0 Å². The van der Waals surface area contributed by atoms with Crippen molar-refractivity contribution in [3.63, 3.8) is 0 Å². The van der Waals surface area contributed by atoms with Crippen LogP contribution in [0.2, 0.25) is 5.02 Å². The molecule has 1 aliphatic rings. The number of ether oxygens (including phenoxy) is 1. The van der Waals surface area contributed by atoms with Gasteiger partial charge in [-0.3, -0.25) is 16.0 Å². The van der Waals surface area contributed by atoms with Gasteiger partial charge in [-0.25, -0.2) is 0 Å². The van der Waals surface area contributed by atoms with Crippen LogP contribution in [-0.4, -0.2) is 23.5 Å². The molecule has 1 atom stereocenters. The van der Waals surface area contributed by atoms with Gasteiger partial charge in [-0.15, -0.1) is 0 Å². The molecule has 3 N–H and O–H groups in total. The van der Waals surface area contributed by atoms with Crippen molar-refractivity contribution < 1.29 is 4.74 Å². The Morgan fingerprint density at radius 1 is 1.55 bits per heavy atom. The van der Waals surface area contributed by atoms with Crippen molar-refractivity contribution in [2.75, 3.05) is 13.7 Å². The van der Waals surface area contributed by atoms with Crippen LogP contribution in [-0.2, 0) is 11.3 Å². The van der Waals surface area contributed by atoms with E-state index in [2.05, 4.69) is 10.5 Å². The number of methoxy groups -OCH3 is 1. The molecule has 0 saturated heterocycles. The first-order valence-corrected chi connectivity index (χ1v) is 7.80. The molecule has 5 nitrogen and oxygen atoms in total. The molecule has 1 fully saturated rings. The molecular weight excluding hydrogens is 276 g/mol. The van der Waals surface area contributed by atoms with E-state index in [1.54, 1.807) is 13.3 Å². The van der Waals surface area contributed by atoms with Crippen LogP contribution in [0.15, 0.2) is 6.20 Å². The van der Waals surface area contributed by atoms with Gasteiger partial charge in [0.25, 0.3) is 0 Å². The molecule has 0 radical (unpaired) electrons. The fourth-order valence-corrected chi connectivity index (χ4v) is 3.35. The maximum absolute atomic E-state index is 6.27. The molecule has 0 aliphatic heterocycles. The van der Waals surface area contributed by atoms with Crippen molar-refractivity contribution in [2.45, 2.75) is 51.1 Å². The maximum atomic E-state index is 6.27. The number of hydrogen-bond acceptors (Lipinski definition) is 4. The highest BCUT2D eigenvalue weighted by molar-refractivity contribution is 6.31. The number of nitrogens with one attached hydrogen (secondary N) is 1. The predicted molar refractivity (Wildman–Crippen MR) is 80.4 cm³/mol. The normalized spacial score (nSPS) is 17.8. The van der Waals surface area contributed by atoms with E-state index in [-0.39, 0.29) is 6.04 Å². The SMILES string of the molecule is COCCn1ncc(Cl)c1C(CCC1CCCC1)NN. The Kier molecular flexibility index (Phi) is 6.29. The van der Waals surface area contributed by atoms with E-state index in [1.807, 2.05) is 4.68 Å². The lowest BCUT2D eigenvalue weighted by Crippen LogP contribution is -2.31. The van der Waals surface area contributed by atoms with Crippen LogP contribution in [0.4, 0.5) is 0 Å². The lowest BCUT2D eigenvalue weighted by atomic mass is 9.97. The molecule has 1 aromatic heterocycles. The standard InChI is InChI=1S/C14H25ClN4O/c1-20-9-8-19-14(12(15)10-17-19)13(18-16)7-6-11-4-2-3-5-11/h10-11,13,18H,2-9,16H2,1H3. The molecular formula is C14H25ClN4O. The maximum Gasteiger partial charge on any atom is 0.0834 e. The van der Waals surface area contributed by atoms with E-state index in [4.69, 9.17) is 22.2 Å². The van der Waals surface area contributed by atoms with Crippen molar-refractivity contribution in [1.82, 2.24) is 15.2 Å². The first kappa shape index (κ1) is 15.8. The summed E-state index contributed by atoms with van der Waals surface area (Å²) in [5.41, 5.74) is 3.88. The van der Waals surface area contributed by atoms with Crippen LogP contribution < -0.4 is 11.3 Å². The van der Waals surface area contributed by atoms with Gasteiger partial charge in [0, 0.05) is 7.11 Å². The van der Waals surface area contributed by atoms with Crippen molar-refractivity contribution in [2.24, 2.45) is 11.8 Å². The van der Waals surface area contributed by atoms with E-state index in [0.29, 0.717) is 18.2 Å². The first-order valence-electron chi connectivity index (χ1n) is 7.42. The van der Waals surface area contributed by atoms with Gasteiger partial charge in [0.1, 0.15) is 0 Å². The van der Waals surface area contributed by atoms with Gasteiger partial charge < -0.3 is 4.74 Å². The van der Waals surface area contributed by atoms with Crippen molar-refractivity contribution in [3.8, 4) is 0 Å². The number of rotatable bonds is 8. The Morgan fingerprint density at radius 3 is 2.95 bits per heavy atom. The zero-order valence-electron chi connectivity index (χ0n) is 12.1. The van der Waals surface area contributed by atoms with Crippen LogP contribution in [0.25, 0.3) is 0 Å². The summed E-state index contributed by atoms with van der Waals surface area (Å²) in [6.45, 7) is 1.31. The summed E-state index contributed by atoms with van der Waals surface area (Å²) in [5, 5.41) is 4.99. The third-order valence-corrected chi connectivity index (χ3v) is 4.50. The van der Waals surface area contributed by atoms with Gasteiger partial charge in [0.05, 0.1) is 36.1 Å². The second-order valence-corrected chi connectivity index (χ2v) is 5.95. The summed E-state index contributed by atoms with van der Waals surface area (Å²) in [6.07, 6.45) is 9.34. The fraction of sp³-hybridized carbons (Fsp3) is 0.786. The van der Waals surface area contributed by atoms with E-state index >= 15 is 0 Å². The summed E-state index contributed by atoms with van der Waals surface area (Å²) in [6, 6.07) is 0.0578.